The molecule has 5 N–H and O–H groups in total. The number of esters is 2. The summed E-state index contributed by atoms with van der Waals surface area (Å²) in [6.45, 7) is 9.04. The molecule has 0 aliphatic carbocycles. The molecule has 0 aliphatic rings. The maximum Gasteiger partial charge on any atom is 0.524 e. The Morgan fingerprint density at radius 1 is 0.543 bits per heavy atom. The van der Waals surface area contributed by atoms with Crippen LogP contribution in [0.3, 0.4) is 0 Å². The molecule has 2 aromatic heterocycles. The number of carbonyl (C=O) groups is 4. The topological polar surface area (TPSA) is 329 Å². The van der Waals surface area contributed by atoms with Crippen molar-refractivity contribution in [2.45, 2.75) is 46.3 Å². The van der Waals surface area contributed by atoms with Crippen molar-refractivity contribution < 1.29 is 125 Å². The Morgan fingerprint density at radius 3 is 1.15 bits per heavy atom. The number of benzene rings is 6. The molecule has 0 spiro atoms. The predicted octanol–water partition coefficient (Wildman–Crippen LogP) is 7.61. The van der Waals surface area contributed by atoms with Gasteiger partial charge in [0.1, 0.15) is 43.1 Å². The van der Waals surface area contributed by atoms with E-state index in [2.05, 4.69) is 0 Å². The van der Waals surface area contributed by atoms with E-state index < -0.39 is 61.3 Å². The van der Waals surface area contributed by atoms with Crippen LogP contribution < -0.4 is 32.8 Å². The third-order valence-corrected chi connectivity index (χ3v) is 12.8. The molecule has 8 aromatic rings. The van der Waals surface area contributed by atoms with E-state index in [1.165, 1.54) is 36.4 Å². The molecular formula is C51H44F6N2O19P2S. The van der Waals surface area contributed by atoms with Gasteiger partial charge in [-0.1, -0.05) is 42.0 Å². The van der Waals surface area contributed by atoms with E-state index in [9.17, 15) is 74.5 Å². The van der Waals surface area contributed by atoms with Crippen LogP contribution in [0.4, 0.5) is 26.3 Å². The number of carbonyl (C=O) groups excluding carboxylic acids is 3. The van der Waals surface area contributed by atoms with Crippen molar-refractivity contribution in [2.75, 3.05) is 0 Å². The summed E-state index contributed by atoms with van der Waals surface area (Å²) in [4.78, 5) is 84.0. The Hall–Kier alpha value is -8.07. The third-order valence-electron chi connectivity index (χ3n) is 11.3. The first-order valence-corrected chi connectivity index (χ1v) is 27.0. The summed E-state index contributed by atoms with van der Waals surface area (Å²) in [6.07, 6.45) is -5.19. The highest BCUT2D eigenvalue weighted by molar-refractivity contribution is 7.86. The number of rotatable bonds is 9. The number of hydrogen-bond acceptors (Lipinski definition) is 14. The van der Waals surface area contributed by atoms with Crippen molar-refractivity contribution in [2.24, 2.45) is 14.1 Å². The molecule has 0 bridgehead atoms. The molecule has 0 unspecified atom stereocenters. The smallest absolute Gasteiger partial charge is 0.524 e. The predicted molar refractivity (Wildman–Crippen MR) is 271 cm³/mol. The number of fused-ring (bicyclic) bond motifs is 4. The van der Waals surface area contributed by atoms with E-state index in [0.717, 1.165) is 27.7 Å². The van der Waals surface area contributed by atoms with Crippen LogP contribution in [-0.4, -0.2) is 73.2 Å². The summed E-state index contributed by atoms with van der Waals surface area (Å²) in [6, 6.07) is 30.3. The second-order valence-corrected chi connectivity index (χ2v) is 21.1. The number of pyridine rings is 2. The molecule has 2 heterocycles. The number of para-hydroxylation sites is 2. The molecule has 21 nitrogen and oxygen atoms in total. The zero-order valence-corrected chi connectivity index (χ0v) is 45.4. The summed E-state index contributed by atoms with van der Waals surface area (Å²) < 4.78 is 138. The highest BCUT2D eigenvalue weighted by Crippen LogP contribution is 2.41. The van der Waals surface area contributed by atoms with E-state index in [4.69, 9.17) is 41.4 Å². The normalized spacial score (nSPS) is 11.8. The minimum Gasteiger partial charge on any atom is -0.741 e. The average molecular weight is 1200 g/mol. The summed E-state index contributed by atoms with van der Waals surface area (Å²) in [5.41, 5.74) is 1.47. The zero-order chi connectivity index (χ0) is 61.1. The maximum absolute atomic E-state index is 13.5. The first kappa shape index (κ1) is 63.8. The lowest BCUT2D eigenvalue weighted by Gasteiger charge is -2.14. The molecule has 0 saturated heterocycles. The van der Waals surface area contributed by atoms with Gasteiger partial charge in [0, 0.05) is 24.3 Å². The van der Waals surface area contributed by atoms with Crippen molar-refractivity contribution >= 4 is 93.3 Å². The van der Waals surface area contributed by atoms with E-state index in [0.29, 0.717) is 55.0 Å². The fraction of sp³-hybridized carbons (Fsp3) is 0.176. The van der Waals surface area contributed by atoms with Gasteiger partial charge in [0.15, 0.2) is 10.1 Å². The summed E-state index contributed by atoms with van der Waals surface area (Å²) in [5.74, 6) is -4.78. The molecule has 81 heavy (non-hydrogen) atoms. The van der Waals surface area contributed by atoms with Crippen molar-refractivity contribution in [3.05, 3.63) is 154 Å². The first-order chi connectivity index (χ1) is 37.2. The fourth-order valence-electron chi connectivity index (χ4n) is 8.20. The molecule has 0 saturated carbocycles. The van der Waals surface area contributed by atoms with Crippen molar-refractivity contribution in [1.82, 2.24) is 0 Å². The molecule has 30 heteroatoms. The Kier molecular flexibility index (Phi) is 19.2. The number of nitrogens with zero attached hydrogens (tertiary/aromatic N) is 2. The summed E-state index contributed by atoms with van der Waals surface area (Å²) >= 11 is 0. The van der Waals surface area contributed by atoms with Crippen LogP contribution in [0, 0.1) is 34.6 Å². The van der Waals surface area contributed by atoms with Crippen molar-refractivity contribution in [3.63, 3.8) is 0 Å². The Morgan fingerprint density at radius 2 is 0.852 bits per heavy atom. The van der Waals surface area contributed by atoms with Crippen LogP contribution >= 0.6 is 15.6 Å². The highest BCUT2D eigenvalue weighted by atomic mass is 32.2. The Balaban J connectivity index is 0.000000238. The van der Waals surface area contributed by atoms with Gasteiger partial charge >= 0.3 is 45.2 Å². The molecule has 0 atom stereocenters. The molecule has 430 valence electrons. The number of aromatic carboxylic acids is 1. The number of ether oxygens (including phenoxy) is 2. The summed E-state index contributed by atoms with van der Waals surface area (Å²) in [5, 5.41) is 20.1. The molecule has 6 aromatic carbocycles. The number of phosphoric ester groups is 2. The lowest BCUT2D eigenvalue weighted by atomic mass is 10.0. The van der Waals surface area contributed by atoms with Gasteiger partial charge in [-0.3, -0.25) is 19.6 Å². The van der Waals surface area contributed by atoms with Crippen LogP contribution in [0.15, 0.2) is 109 Å². The van der Waals surface area contributed by atoms with Crippen LogP contribution in [0.1, 0.15) is 58.9 Å². The largest absolute Gasteiger partial charge is 0.741 e. The second kappa shape index (κ2) is 24.3. The average Bonchev–Trinajstić information content (AvgIpc) is 3.40. The number of hydrogen-bond donors (Lipinski definition) is 5. The number of aryl methyl sites for hydroxylation is 7. The van der Waals surface area contributed by atoms with Gasteiger partial charge in [-0.05, 0) is 105 Å². The number of carboxylic acid groups (broad SMARTS) is 2. The van der Waals surface area contributed by atoms with Crippen molar-refractivity contribution in [1.29, 1.82) is 0 Å². The van der Waals surface area contributed by atoms with Gasteiger partial charge in [0.2, 0.25) is 22.1 Å². The highest BCUT2D eigenvalue weighted by Gasteiger charge is 2.37. The van der Waals surface area contributed by atoms with Gasteiger partial charge < -0.3 is 38.1 Å². The number of aromatic nitrogens is 2. The van der Waals surface area contributed by atoms with Crippen LogP contribution in [0.25, 0.3) is 43.6 Å². The zero-order valence-electron chi connectivity index (χ0n) is 42.8. The Labute approximate surface area is 454 Å². The van der Waals surface area contributed by atoms with Gasteiger partial charge in [-0.25, -0.2) is 31.9 Å². The third kappa shape index (κ3) is 15.9. The lowest BCUT2D eigenvalue weighted by Crippen LogP contribution is -2.37. The standard InChI is InChI=1S/C24H20NO8P.C24H22NO6P.C2HF3O2.CHF3O3S/c1-13-10-15(23(26)27)11-14(2)22(13)32-24(28)21-17-6-4-5-7-19(17)25(3)20-9-8-16(12-18(20)21)33-34(29,30)31;1-14-11-15(2)23(16(3)12-14)30-24(26)22-18-7-5-6-8-20(18)25(4)21-10-9-17(13-19(21)22)31-32(27,28)29;3-2(4,5)1(6)7;2-1(3,4)8(5,6)7/h4-12H,1-3H3,(H2-,26,27,29,30,31);5-13H,1-4H3,(H-,27,28,29);(H,6,7);(H,5,6,7). The van der Waals surface area contributed by atoms with E-state index in [1.54, 1.807) is 38.1 Å². The van der Waals surface area contributed by atoms with Crippen molar-refractivity contribution in [3.8, 4) is 23.0 Å². The number of carboxylic acids is 2. The lowest BCUT2D eigenvalue weighted by molar-refractivity contribution is -0.617. The van der Waals surface area contributed by atoms with Crippen LogP contribution in [0.5, 0.6) is 23.0 Å². The number of aliphatic carboxylic acids is 1. The maximum atomic E-state index is 13.5. The molecule has 0 fully saturated rings. The van der Waals surface area contributed by atoms with Gasteiger partial charge in [0.25, 0.3) is 0 Å². The fourth-order valence-corrected chi connectivity index (χ4v) is 8.97. The Bertz CT molecular complexity index is 4010. The summed E-state index contributed by atoms with van der Waals surface area (Å²) in [7, 11) is -12.0. The monoisotopic (exact) mass is 1200 g/mol. The van der Waals surface area contributed by atoms with Gasteiger partial charge in [0.05, 0.1) is 38.2 Å². The first-order valence-electron chi connectivity index (χ1n) is 22.6. The van der Waals surface area contributed by atoms with E-state index in [-0.39, 0.29) is 28.4 Å². The van der Waals surface area contributed by atoms with Gasteiger partial charge in [-0.15, -0.1) is 0 Å². The quantitative estimate of drug-likeness (QED) is 0.0136. The van der Waals surface area contributed by atoms with Crippen LogP contribution in [0.2, 0.25) is 0 Å². The molecule has 0 amide bonds. The van der Waals surface area contributed by atoms with E-state index >= 15 is 0 Å². The van der Waals surface area contributed by atoms with Gasteiger partial charge in [-0.2, -0.15) is 35.5 Å². The minimum atomic E-state index is -6.09. The molecule has 0 aliphatic heterocycles. The second-order valence-electron chi connectivity index (χ2n) is 17.4. The van der Waals surface area contributed by atoms with E-state index in [1.807, 2.05) is 92.5 Å². The number of phosphoric acid groups is 2. The molecule has 8 rings (SSSR count). The SMILES string of the molecule is Cc1cc(C(=O)O)cc(C)c1OC(=O)c1c2ccccc2[n+](C)c2ccc(OP(=O)(O)O)cc12.Cc1cc(C)c(OC(=O)c2c3ccccc3[n+](C)c3ccc(OP(=O)(O)O)cc23)c(C)c1.O=C([O-])C(F)(F)F.O=S(=O)([O-])C(F)(F)F. The number of alkyl halides is 6. The number of halogens is 6. The minimum absolute atomic E-state index is 0.0436. The van der Waals surface area contributed by atoms with Crippen LogP contribution in [-0.2, 0) is 38.1 Å². The molecular weight excluding hydrogens is 1150 g/mol. The molecule has 0 radical (unpaired) electrons.